The summed E-state index contributed by atoms with van der Waals surface area (Å²) >= 11 is 1.48. The second kappa shape index (κ2) is 7.08. The second-order valence-corrected chi connectivity index (χ2v) is 6.84. The van der Waals surface area contributed by atoms with Crippen molar-refractivity contribution in [3.05, 3.63) is 30.3 Å². The third-order valence-corrected chi connectivity index (χ3v) is 5.11. The molecule has 2 N–H and O–H groups in total. The van der Waals surface area contributed by atoms with E-state index in [1.807, 2.05) is 30.3 Å². The van der Waals surface area contributed by atoms with E-state index in [0.29, 0.717) is 18.4 Å². The molecule has 1 amide bonds. The van der Waals surface area contributed by atoms with E-state index >= 15 is 0 Å². The van der Waals surface area contributed by atoms with Crippen LogP contribution in [0.1, 0.15) is 6.04 Å². The lowest BCUT2D eigenvalue weighted by Gasteiger charge is -2.17. The van der Waals surface area contributed by atoms with E-state index in [2.05, 4.69) is 15.5 Å². The lowest BCUT2D eigenvalue weighted by Crippen LogP contribution is -2.34. The number of carbonyl (C=O) groups is 1. The van der Waals surface area contributed by atoms with Gasteiger partial charge in [-0.15, -0.1) is 5.10 Å². The highest BCUT2D eigenvalue weighted by Crippen LogP contribution is 2.37. The zero-order chi connectivity index (χ0) is 17.2. The van der Waals surface area contributed by atoms with Crippen LogP contribution in [0.3, 0.4) is 0 Å². The summed E-state index contributed by atoms with van der Waals surface area (Å²) in [5.74, 6) is -0.514. The molecule has 4 rings (SSSR count). The summed E-state index contributed by atoms with van der Waals surface area (Å²) in [6, 6.07) is 9.74. The molecule has 0 spiro atoms. The first-order valence-electron chi connectivity index (χ1n) is 7.86. The molecule has 132 valence electrons. The Balaban J connectivity index is 1.47. The van der Waals surface area contributed by atoms with Gasteiger partial charge in [0.05, 0.1) is 13.2 Å². The van der Waals surface area contributed by atoms with Crippen LogP contribution in [0.25, 0.3) is 0 Å². The van der Waals surface area contributed by atoms with Crippen LogP contribution in [-0.2, 0) is 19.0 Å². The third kappa shape index (κ3) is 3.38. The Morgan fingerprint density at radius 3 is 2.88 bits per heavy atom. The summed E-state index contributed by atoms with van der Waals surface area (Å²) in [5.41, 5.74) is 5.13. The van der Waals surface area contributed by atoms with Gasteiger partial charge in [0.2, 0.25) is 11.1 Å². The van der Waals surface area contributed by atoms with Crippen LogP contribution in [0.4, 0.5) is 0 Å². The van der Waals surface area contributed by atoms with E-state index in [-0.39, 0.29) is 31.0 Å². The molecule has 4 atom stereocenters. The minimum absolute atomic E-state index is 0.145. The lowest BCUT2D eigenvalue weighted by molar-refractivity contribution is -0.126. The molecule has 2 aliphatic rings. The summed E-state index contributed by atoms with van der Waals surface area (Å²) in [6.07, 6.45) is -0.802. The van der Waals surface area contributed by atoms with Crippen molar-refractivity contribution in [1.82, 2.24) is 20.2 Å². The van der Waals surface area contributed by atoms with Crippen LogP contribution in [0, 0.1) is 0 Å². The van der Waals surface area contributed by atoms with Crippen LogP contribution in [0.2, 0.25) is 0 Å². The number of carbonyl (C=O) groups excluding carboxylic acids is 1. The number of amides is 1. The number of primary amides is 1. The van der Waals surface area contributed by atoms with Gasteiger partial charge in [0.1, 0.15) is 31.0 Å². The van der Waals surface area contributed by atoms with Crippen molar-refractivity contribution >= 4 is 17.7 Å². The van der Waals surface area contributed by atoms with Crippen molar-refractivity contribution in [2.45, 2.75) is 34.4 Å². The molecule has 1 aromatic carbocycles. The molecule has 1 aromatic heterocycles. The molecule has 2 fully saturated rings. The second-order valence-electron chi connectivity index (χ2n) is 5.80. The maximum atomic E-state index is 10.9. The van der Waals surface area contributed by atoms with Crippen molar-refractivity contribution in [3.8, 4) is 0 Å². The molecule has 0 bridgehead atoms. The number of fused-ring (bicyclic) bond motifs is 1. The summed E-state index contributed by atoms with van der Waals surface area (Å²) in [7, 11) is 0. The molecule has 0 aliphatic carbocycles. The first-order valence-corrected chi connectivity index (χ1v) is 8.68. The molecule has 0 radical (unpaired) electrons. The van der Waals surface area contributed by atoms with Crippen molar-refractivity contribution in [2.24, 2.45) is 5.73 Å². The molecule has 3 heterocycles. The number of benzene rings is 1. The van der Waals surface area contributed by atoms with E-state index in [0.717, 1.165) is 4.90 Å². The fraction of sp³-hybridized carbons (Fsp3) is 0.467. The Morgan fingerprint density at radius 2 is 2.08 bits per heavy atom. The number of rotatable bonds is 6. The number of hydrogen-bond donors (Lipinski definition) is 1. The maximum Gasteiger partial charge on any atom is 0.243 e. The predicted molar refractivity (Wildman–Crippen MR) is 85.8 cm³/mol. The summed E-state index contributed by atoms with van der Waals surface area (Å²) < 4.78 is 18.9. The Morgan fingerprint density at radius 1 is 1.28 bits per heavy atom. The first-order chi connectivity index (χ1) is 12.2. The molecule has 2 aliphatic heterocycles. The van der Waals surface area contributed by atoms with Crippen molar-refractivity contribution < 1.29 is 19.0 Å². The number of hydrogen-bond acceptors (Lipinski definition) is 8. The van der Waals surface area contributed by atoms with Crippen molar-refractivity contribution in [1.29, 1.82) is 0 Å². The van der Waals surface area contributed by atoms with E-state index < -0.39 is 5.91 Å². The van der Waals surface area contributed by atoms with Gasteiger partial charge in [0, 0.05) is 4.90 Å². The van der Waals surface area contributed by atoms with E-state index in [1.165, 1.54) is 11.8 Å². The normalized spacial score (nSPS) is 28.2. The van der Waals surface area contributed by atoms with Crippen LogP contribution >= 0.6 is 11.8 Å². The van der Waals surface area contributed by atoms with Gasteiger partial charge in [-0.3, -0.25) is 4.79 Å². The largest absolute Gasteiger partial charge is 0.370 e. The van der Waals surface area contributed by atoms with Crippen LogP contribution in [-0.4, -0.2) is 64.2 Å². The topological polar surface area (TPSA) is 114 Å². The minimum atomic E-state index is -0.514. The van der Waals surface area contributed by atoms with Gasteiger partial charge in [-0.05, 0) is 34.3 Å². The van der Waals surface area contributed by atoms with Gasteiger partial charge >= 0.3 is 0 Å². The lowest BCUT2D eigenvalue weighted by atomic mass is 10.1. The maximum absolute atomic E-state index is 10.9. The fourth-order valence-corrected chi connectivity index (χ4v) is 3.89. The number of aromatic nitrogens is 4. The van der Waals surface area contributed by atoms with Crippen LogP contribution in [0.15, 0.2) is 40.4 Å². The Bertz CT molecular complexity index is 743. The van der Waals surface area contributed by atoms with Gasteiger partial charge in [-0.1, -0.05) is 18.2 Å². The third-order valence-electron chi connectivity index (χ3n) is 4.15. The number of nitrogens with two attached hydrogens (primary N) is 1. The monoisotopic (exact) mass is 363 g/mol. The number of ether oxygens (including phenoxy) is 3. The molecule has 0 unspecified atom stereocenters. The molecular formula is C15H17N5O4S. The Hall–Kier alpha value is -2.01. The van der Waals surface area contributed by atoms with Crippen LogP contribution < -0.4 is 5.73 Å². The Labute approximate surface area is 147 Å². The van der Waals surface area contributed by atoms with Gasteiger partial charge < -0.3 is 19.9 Å². The molecule has 2 aromatic rings. The number of nitrogens with zero attached hydrogens (tertiary/aromatic N) is 4. The highest BCUT2D eigenvalue weighted by atomic mass is 32.2. The average molecular weight is 363 g/mol. The van der Waals surface area contributed by atoms with Gasteiger partial charge in [0.25, 0.3) is 0 Å². The molecule has 25 heavy (non-hydrogen) atoms. The molecular weight excluding hydrogens is 346 g/mol. The zero-order valence-corrected chi connectivity index (χ0v) is 14.0. The van der Waals surface area contributed by atoms with Crippen molar-refractivity contribution in [3.63, 3.8) is 0 Å². The first kappa shape index (κ1) is 16.5. The minimum Gasteiger partial charge on any atom is -0.370 e. The van der Waals surface area contributed by atoms with Gasteiger partial charge in [-0.25, -0.2) is 4.68 Å². The predicted octanol–water partition coefficient (Wildman–Crippen LogP) is 0.0335. The van der Waals surface area contributed by atoms with E-state index in [1.54, 1.807) is 4.68 Å². The molecule has 9 nitrogen and oxygen atoms in total. The quantitative estimate of drug-likeness (QED) is 0.765. The smallest absolute Gasteiger partial charge is 0.243 e. The van der Waals surface area contributed by atoms with E-state index in [9.17, 15) is 4.79 Å². The molecule has 2 saturated heterocycles. The fourth-order valence-electron chi connectivity index (χ4n) is 3.04. The summed E-state index contributed by atoms with van der Waals surface area (Å²) in [5, 5.41) is 12.7. The van der Waals surface area contributed by atoms with Crippen molar-refractivity contribution in [2.75, 3.05) is 19.8 Å². The highest BCUT2D eigenvalue weighted by Gasteiger charge is 2.50. The Kier molecular flexibility index (Phi) is 4.66. The standard InChI is InChI=1S/C15H17N5O4S/c16-12(21)8-22-11-7-24-13-10(6-23-14(11)13)20-15(17-18-19-20)25-9-4-2-1-3-5-9/h1-5,10-11,13-14H,6-8H2,(H2,16,21)/t10-,11+,13+,14+/m0/s1. The molecule has 0 saturated carbocycles. The summed E-state index contributed by atoms with van der Waals surface area (Å²) in [4.78, 5) is 11.9. The number of tetrazole rings is 1. The SMILES string of the molecule is NC(=O)CO[C@@H]1CO[C@H]2[C@@H]1OC[C@@H]2n1nnnc1Sc1ccccc1. The van der Waals surface area contributed by atoms with E-state index in [4.69, 9.17) is 19.9 Å². The van der Waals surface area contributed by atoms with Crippen LogP contribution in [0.5, 0.6) is 0 Å². The van der Waals surface area contributed by atoms with Gasteiger partial charge in [0.15, 0.2) is 0 Å². The highest BCUT2D eigenvalue weighted by molar-refractivity contribution is 7.99. The molecule has 10 heteroatoms. The zero-order valence-electron chi connectivity index (χ0n) is 13.2. The average Bonchev–Trinajstić information content (AvgIpc) is 3.30. The van der Waals surface area contributed by atoms with Gasteiger partial charge in [-0.2, -0.15) is 0 Å². The summed E-state index contributed by atoms with van der Waals surface area (Å²) in [6.45, 7) is 0.618.